The standard InChI is InChI=1S/C18H20FN3O2/c1-11-20-17(24-21-11)13-6-8-22(9-7-13)18(23)16-10-15(16)12-2-4-14(19)5-3-12/h2-5,13,15-16H,6-10H2,1H3. The van der Waals surface area contributed by atoms with Gasteiger partial charge in [-0.1, -0.05) is 17.3 Å². The zero-order chi connectivity index (χ0) is 16.7. The third kappa shape index (κ3) is 2.92. The molecule has 1 saturated heterocycles. The second-order valence-corrected chi connectivity index (χ2v) is 6.78. The highest BCUT2D eigenvalue weighted by atomic mass is 19.1. The highest BCUT2D eigenvalue weighted by molar-refractivity contribution is 5.83. The molecule has 1 aliphatic heterocycles. The van der Waals surface area contributed by atoms with Crippen LogP contribution in [0.15, 0.2) is 28.8 Å². The van der Waals surface area contributed by atoms with E-state index in [1.807, 2.05) is 11.8 Å². The van der Waals surface area contributed by atoms with E-state index in [0.717, 1.165) is 37.9 Å². The first kappa shape index (κ1) is 15.3. The molecule has 5 nitrogen and oxygen atoms in total. The van der Waals surface area contributed by atoms with E-state index in [2.05, 4.69) is 10.1 Å². The van der Waals surface area contributed by atoms with Gasteiger partial charge in [0.1, 0.15) is 5.82 Å². The molecule has 0 bridgehead atoms. The minimum absolute atomic E-state index is 0.0534. The van der Waals surface area contributed by atoms with Gasteiger partial charge in [0.25, 0.3) is 0 Å². The number of hydrogen-bond acceptors (Lipinski definition) is 4. The zero-order valence-corrected chi connectivity index (χ0v) is 13.6. The van der Waals surface area contributed by atoms with Crippen molar-refractivity contribution in [3.05, 3.63) is 47.4 Å². The first-order valence-corrected chi connectivity index (χ1v) is 8.46. The van der Waals surface area contributed by atoms with E-state index in [4.69, 9.17) is 4.52 Å². The predicted molar refractivity (Wildman–Crippen MR) is 84.8 cm³/mol. The Morgan fingerprint density at radius 1 is 1.25 bits per heavy atom. The molecular formula is C18H20FN3O2. The summed E-state index contributed by atoms with van der Waals surface area (Å²) in [4.78, 5) is 18.9. The van der Waals surface area contributed by atoms with Crippen LogP contribution < -0.4 is 0 Å². The number of nitrogens with zero attached hydrogens (tertiary/aromatic N) is 3. The molecule has 4 rings (SSSR count). The van der Waals surface area contributed by atoms with Crippen LogP contribution in [0.1, 0.15) is 48.4 Å². The smallest absolute Gasteiger partial charge is 0.229 e. The van der Waals surface area contributed by atoms with Crippen LogP contribution in [0.25, 0.3) is 0 Å². The summed E-state index contributed by atoms with van der Waals surface area (Å²) in [5, 5.41) is 3.84. The second-order valence-electron chi connectivity index (χ2n) is 6.78. The van der Waals surface area contributed by atoms with E-state index in [1.54, 1.807) is 12.1 Å². The van der Waals surface area contributed by atoms with Gasteiger partial charge in [-0.25, -0.2) is 4.39 Å². The van der Waals surface area contributed by atoms with E-state index >= 15 is 0 Å². The van der Waals surface area contributed by atoms with Crippen LogP contribution >= 0.6 is 0 Å². The van der Waals surface area contributed by atoms with Gasteiger partial charge >= 0.3 is 0 Å². The van der Waals surface area contributed by atoms with E-state index in [-0.39, 0.29) is 29.5 Å². The number of aromatic nitrogens is 2. The molecule has 2 aromatic rings. The fourth-order valence-electron chi connectivity index (χ4n) is 3.61. The number of piperidine rings is 1. The normalized spacial score (nSPS) is 24.2. The van der Waals surface area contributed by atoms with Crippen LogP contribution in [0.3, 0.4) is 0 Å². The Bertz CT molecular complexity index is 735. The van der Waals surface area contributed by atoms with Gasteiger partial charge in [-0.05, 0) is 49.8 Å². The molecule has 2 aliphatic rings. The molecule has 1 amide bonds. The van der Waals surface area contributed by atoms with Crippen molar-refractivity contribution >= 4 is 5.91 Å². The Balaban J connectivity index is 1.33. The van der Waals surface area contributed by atoms with Crippen LogP contribution in [0, 0.1) is 18.7 Å². The Labute approximate surface area is 139 Å². The SMILES string of the molecule is Cc1noc(C2CCN(C(=O)C3CC3c3ccc(F)cc3)CC2)n1. The van der Waals surface area contributed by atoms with Crippen LogP contribution in [0.5, 0.6) is 0 Å². The van der Waals surface area contributed by atoms with Gasteiger partial charge in [0, 0.05) is 24.9 Å². The molecule has 1 saturated carbocycles. The number of rotatable bonds is 3. The van der Waals surface area contributed by atoms with Crippen molar-refractivity contribution in [3.63, 3.8) is 0 Å². The summed E-state index contributed by atoms with van der Waals surface area (Å²) >= 11 is 0. The van der Waals surface area contributed by atoms with Gasteiger partial charge in [-0.3, -0.25) is 4.79 Å². The Hall–Kier alpha value is -2.24. The minimum Gasteiger partial charge on any atom is -0.342 e. The third-order valence-electron chi connectivity index (χ3n) is 5.10. The van der Waals surface area contributed by atoms with Gasteiger partial charge in [0.05, 0.1) is 0 Å². The highest BCUT2D eigenvalue weighted by Crippen LogP contribution is 2.48. The average Bonchev–Trinajstić information content (AvgIpc) is 3.28. The molecule has 1 aromatic carbocycles. The molecular weight excluding hydrogens is 309 g/mol. The summed E-state index contributed by atoms with van der Waals surface area (Å²) in [6.45, 7) is 3.28. The van der Waals surface area contributed by atoms with E-state index in [0.29, 0.717) is 11.7 Å². The summed E-state index contributed by atoms with van der Waals surface area (Å²) in [7, 11) is 0. The first-order valence-electron chi connectivity index (χ1n) is 8.46. The van der Waals surface area contributed by atoms with E-state index in [1.165, 1.54) is 12.1 Å². The fourth-order valence-corrected chi connectivity index (χ4v) is 3.61. The number of carbonyl (C=O) groups excluding carboxylic acids is 1. The summed E-state index contributed by atoms with van der Waals surface area (Å²) in [6, 6.07) is 6.51. The fraction of sp³-hybridized carbons (Fsp3) is 0.500. The lowest BCUT2D eigenvalue weighted by atomic mass is 9.96. The number of halogens is 1. The van der Waals surface area contributed by atoms with Gasteiger partial charge < -0.3 is 9.42 Å². The highest BCUT2D eigenvalue weighted by Gasteiger charge is 2.46. The lowest BCUT2D eigenvalue weighted by Crippen LogP contribution is -2.39. The molecule has 126 valence electrons. The number of carbonyl (C=O) groups is 1. The molecule has 6 heteroatoms. The lowest BCUT2D eigenvalue weighted by molar-refractivity contribution is -0.133. The molecule has 2 heterocycles. The molecule has 1 aliphatic carbocycles. The number of amides is 1. The maximum atomic E-state index is 13.0. The molecule has 24 heavy (non-hydrogen) atoms. The predicted octanol–water partition coefficient (Wildman–Crippen LogP) is 3.03. The van der Waals surface area contributed by atoms with Crippen molar-refractivity contribution in [1.29, 1.82) is 0 Å². The summed E-state index contributed by atoms with van der Waals surface area (Å²) in [5.74, 6) is 1.89. The number of hydrogen-bond donors (Lipinski definition) is 0. The number of aryl methyl sites for hydroxylation is 1. The van der Waals surface area contributed by atoms with Crippen molar-refractivity contribution in [3.8, 4) is 0 Å². The number of benzene rings is 1. The van der Waals surface area contributed by atoms with Gasteiger partial charge in [0.2, 0.25) is 11.8 Å². The van der Waals surface area contributed by atoms with E-state index < -0.39 is 0 Å². The number of likely N-dealkylation sites (tertiary alicyclic amines) is 1. The average molecular weight is 329 g/mol. The van der Waals surface area contributed by atoms with Gasteiger partial charge in [-0.15, -0.1) is 0 Å². The Morgan fingerprint density at radius 3 is 2.58 bits per heavy atom. The van der Waals surface area contributed by atoms with Crippen LogP contribution in [0.4, 0.5) is 4.39 Å². The largest absolute Gasteiger partial charge is 0.342 e. The molecule has 2 atom stereocenters. The van der Waals surface area contributed by atoms with Crippen molar-refractivity contribution < 1.29 is 13.7 Å². The Kier molecular flexibility index (Phi) is 3.82. The van der Waals surface area contributed by atoms with Crippen LogP contribution in [0.2, 0.25) is 0 Å². The maximum absolute atomic E-state index is 13.0. The van der Waals surface area contributed by atoms with E-state index in [9.17, 15) is 9.18 Å². The molecule has 2 unspecified atom stereocenters. The van der Waals surface area contributed by atoms with Crippen LogP contribution in [-0.2, 0) is 4.79 Å². The van der Waals surface area contributed by atoms with Crippen molar-refractivity contribution in [1.82, 2.24) is 15.0 Å². The molecule has 0 N–H and O–H groups in total. The quantitative estimate of drug-likeness (QED) is 0.868. The molecule has 0 spiro atoms. The summed E-state index contributed by atoms with van der Waals surface area (Å²) in [5.41, 5.74) is 1.06. The summed E-state index contributed by atoms with van der Waals surface area (Å²) < 4.78 is 18.3. The third-order valence-corrected chi connectivity index (χ3v) is 5.10. The van der Waals surface area contributed by atoms with Crippen molar-refractivity contribution in [2.45, 2.75) is 38.0 Å². The lowest BCUT2D eigenvalue weighted by Gasteiger charge is -2.30. The molecule has 2 fully saturated rings. The molecule has 0 radical (unpaired) electrons. The first-order chi connectivity index (χ1) is 11.6. The minimum atomic E-state index is -0.236. The van der Waals surface area contributed by atoms with Crippen molar-refractivity contribution in [2.75, 3.05) is 13.1 Å². The van der Waals surface area contributed by atoms with Gasteiger partial charge in [-0.2, -0.15) is 4.98 Å². The second kappa shape index (κ2) is 6.00. The molecule has 1 aromatic heterocycles. The van der Waals surface area contributed by atoms with Crippen LogP contribution in [-0.4, -0.2) is 34.0 Å². The van der Waals surface area contributed by atoms with Gasteiger partial charge in [0.15, 0.2) is 5.82 Å². The monoisotopic (exact) mass is 329 g/mol. The summed E-state index contributed by atoms with van der Waals surface area (Å²) in [6.07, 6.45) is 2.59. The topological polar surface area (TPSA) is 59.2 Å². The maximum Gasteiger partial charge on any atom is 0.229 e. The Morgan fingerprint density at radius 2 is 1.96 bits per heavy atom. The zero-order valence-electron chi connectivity index (χ0n) is 13.6. The van der Waals surface area contributed by atoms with Crippen molar-refractivity contribution in [2.24, 2.45) is 5.92 Å².